The van der Waals surface area contributed by atoms with Crippen molar-refractivity contribution >= 4 is 11.7 Å². The van der Waals surface area contributed by atoms with E-state index in [-0.39, 0.29) is 11.9 Å². The Morgan fingerprint density at radius 3 is 2.71 bits per heavy atom. The average Bonchev–Trinajstić information content (AvgIpc) is 2.85. The standard InChI is InChI=1S/C12H14FN3S/c1-2-14-11(12-8-15-17-16-12)7-9-3-5-10(13)6-4-9/h3-6,8,11,14H,2,7H2,1H3. The van der Waals surface area contributed by atoms with E-state index >= 15 is 0 Å². The van der Waals surface area contributed by atoms with Gasteiger partial charge >= 0.3 is 0 Å². The molecule has 2 rings (SSSR count). The first-order valence-corrected chi connectivity index (χ1v) is 6.28. The van der Waals surface area contributed by atoms with Crippen molar-refractivity contribution < 1.29 is 4.39 Å². The van der Waals surface area contributed by atoms with Gasteiger partial charge in [-0.3, -0.25) is 0 Å². The predicted octanol–water partition coefficient (Wildman–Crippen LogP) is 2.57. The molecule has 0 saturated heterocycles. The second-order valence-electron chi connectivity index (χ2n) is 3.77. The number of halogens is 1. The lowest BCUT2D eigenvalue weighted by Gasteiger charge is -2.15. The molecular weight excluding hydrogens is 237 g/mol. The lowest BCUT2D eigenvalue weighted by molar-refractivity contribution is 0.539. The van der Waals surface area contributed by atoms with Crippen molar-refractivity contribution in [3.8, 4) is 0 Å². The van der Waals surface area contributed by atoms with Gasteiger partial charge in [-0.2, -0.15) is 8.75 Å². The summed E-state index contributed by atoms with van der Waals surface area (Å²) >= 11 is 1.21. The Morgan fingerprint density at radius 2 is 2.12 bits per heavy atom. The molecule has 0 fully saturated rings. The number of benzene rings is 1. The summed E-state index contributed by atoms with van der Waals surface area (Å²) in [4.78, 5) is 0. The fraction of sp³-hybridized carbons (Fsp3) is 0.333. The third-order valence-electron chi connectivity index (χ3n) is 2.54. The van der Waals surface area contributed by atoms with Gasteiger partial charge in [0.2, 0.25) is 0 Å². The summed E-state index contributed by atoms with van der Waals surface area (Å²) in [6.45, 7) is 2.92. The molecule has 90 valence electrons. The summed E-state index contributed by atoms with van der Waals surface area (Å²) < 4.78 is 21.1. The van der Waals surface area contributed by atoms with Crippen molar-refractivity contribution in [1.82, 2.24) is 14.1 Å². The molecule has 0 aliphatic rings. The van der Waals surface area contributed by atoms with Crippen LogP contribution in [-0.4, -0.2) is 15.3 Å². The SMILES string of the molecule is CCNC(Cc1ccc(F)cc1)c1cnsn1. The van der Waals surface area contributed by atoms with E-state index in [1.54, 1.807) is 18.3 Å². The molecule has 0 amide bonds. The lowest BCUT2D eigenvalue weighted by Crippen LogP contribution is -2.23. The van der Waals surface area contributed by atoms with Crippen LogP contribution in [-0.2, 0) is 6.42 Å². The van der Waals surface area contributed by atoms with Gasteiger partial charge in [0.15, 0.2) is 0 Å². The van der Waals surface area contributed by atoms with Crippen LogP contribution in [0, 0.1) is 5.82 Å². The molecule has 2 aromatic rings. The summed E-state index contributed by atoms with van der Waals surface area (Å²) in [5.41, 5.74) is 2.03. The van der Waals surface area contributed by atoms with Crippen molar-refractivity contribution in [3.05, 3.63) is 47.5 Å². The van der Waals surface area contributed by atoms with Crippen LogP contribution in [0.2, 0.25) is 0 Å². The summed E-state index contributed by atoms with van der Waals surface area (Å²) in [6, 6.07) is 6.72. The molecule has 1 heterocycles. The fourth-order valence-corrected chi connectivity index (χ4v) is 2.18. The number of hydrogen-bond acceptors (Lipinski definition) is 4. The highest BCUT2D eigenvalue weighted by molar-refractivity contribution is 6.99. The zero-order chi connectivity index (χ0) is 12.1. The molecule has 1 aromatic heterocycles. The van der Waals surface area contributed by atoms with E-state index in [1.165, 1.54) is 23.9 Å². The van der Waals surface area contributed by atoms with E-state index in [2.05, 4.69) is 21.0 Å². The first-order valence-electron chi connectivity index (χ1n) is 5.55. The third kappa shape index (κ3) is 3.31. The fourth-order valence-electron chi connectivity index (χ4n) is 1.71. The molecule has 17 heavy (non-hydrogen) atoms. The predicted molar refractivity (Wildman–Crippen MR) is 66.4 cm³/mol. The Morgan fingerprint density at radius 1 is 1.35 bits per heavy atom. The minimum absolute atomic E-state index is 0.143. The van der Waals surface area contributed by atoms with Crippen molar-refractivity contribution in [1.29, 1.82) is 0 Å². The zero-order valence-corrected chi connectivity index (χ0v) is 10.4. The minimum Gasteiger partial charge on any atom is -0.309 e. The Labute approximate surface area is 104 Å². The molecule has 0 radical (unpaired) electrons. The number of likely N-dealkylation sites (N-methyl/N-ethyl adjacent to an activating group) is 1. The molecule has 0 saturated carbocycles. The van der Waals surface area contributed by atoms with Crippen LogP contribution in [0.15, 0.2) is 30.5 Å². The quantitative estimate of drug-likeness (QED) is 0.887. The number of nitrogens with one attached hydrogen (secondary N) is 1. The van der Waals surface area contributed by atoms with E-state index in [0.717, 1.165) is 24.2 Å². The molecule has 0 aliphatic carbocycles. The van der Waals surface area contributed by atoms with Crippen LogP contribution in [0.5, 0.6) is 0 Å². The van der Waals surface area contributed by atoms with Gasteiger partial charge in [-0.1, -0.05) is 19.1 Å². The molecule has 1 atom stereocenters. The topological polar surface area (TPSA) is 37.8 Å². The first-order chi connectivity index (χ1) is 8.29. The second kappa shape index (κ2) is 5.84. The van der Waals surface area contributed by atoms with E-state index in [1.807, 2.05) is 0 Å². The van der Waals surface area contributed by atoms with Gasteiger partial charge < -0.3 is 5.32 Å². The largest absolute Gasteiger partial charge is 0.309 e. The van der Waals surface area contributed by atoms with Gasteiger partial charge in [0.1, 0.15) is 5.82 Å². The molecule has 3 nitrogen and oxygen atoms in total. The summed E-state index contributed by atoms with van der Waals surface area (Å²) in [5.74, 6) is -0.205. The van der Waals surface area contributed by atoms with E-state index in [0.29, 0.717) is 0 Å². The molecule has 0 spiro atoms. The molecule has 0 bridgehead atoms. The van der Waals surface area contributed by atoms with Crippen LogP contribution in [0.1, 0.15) is 24.2 Å². The number of rotatable bonds is 5. The monoisotopic (exact) mass is 251 g/mol. The summed E-state index contributed by atoms with van der Waals surface area (Å²) in [6.07, 6.45) is 2.57. The van der Waals surface area contributed by atoms with Gasteiger partial charge in [0.25, 0.3) is 0 Å². The zero-order valence-electron chi connectivity index (χ0n) is 9.56. The highest BCUT2D eigenvalue weighted by atomic mass is 32.1. The maximum Gasteiger partial charge on any atom is 0.123 e. The van der Waals surface area contributed by atoms with Gasteiger partial charge in [0.05, 0.1) is 29.7 Å². The van der Waals surface area contributed by atoms with Crippen molar-refractivity contribution in [2.24, 2.45) is 0 Å². The van der Waals surface area contributed by atoms with Gasteiger partial charge in [-0.05, 0) is 30.7 Å². The summed E-state index contributed by atoms with van der Waals surface area (Å²) in [7, 11) is 0. The molecule has 1 aromatic carbocycles. The van der Waals surface area contributed by atoms with Crippen LogP contribution in [0.25, 0.3) is 0 Å². The van der Waals surface area contributed by atoms with Crippen molar-refractivity contribution in [2.45, 2.75) is 19.4 Å². The Balaban J connectivity index is 2.10. The van der Waals surface area contributed by atoms with Gasteiger partial charge in [-0.15, -0.1) is 0 Å². The minimum atomic E-state index is -0.205. The average molecular weight is 251 g/mol. The lowest BCUT2D eigenvalue weighted by atomic mass is 10.0. The Hall–Kier alpha value is -1.33. The molecular formula is C12H14FN3S. The van der Waals surface area contributed by atoms with Crippen LogP contribution >= 0.6 is 11.7 Å². The van der Waals surface area contributed by atoms with E-state index < -0.39 is 0 Å². The normalized spacial score (nSPS) is 12.6. The van der Waals surface area contributed by atoms with Crippen LogP contribution < -0.4 is 5.32 Å². The van der Waals surface area contributed by atoms with Gasteiger partial charge in [0, 0.05) is 0 Å². The third-order valence-corrected chi connectivity index (χ3v) is 3.03. The Kier molecular flexibility index (Phi) is 4.17. The van der Waals surface area contributed by atoms with Crippen molar-refractivity contribution in [3.63, 3.8) is 0 Å². The van der Waals surface area contributed by atoms with E-state index in [4.69, 9.17) is 0 Å². The molecule has 1 unspecified atom stereocenters. The number of hydrogen-bond donors (Lipinski definition) is 1. The molecule has 1 N–H and O–H groups in total. The highest BCUT2D eigenvalue weighted by Gasteiger charge is 2.13. The van der Waals surface area contributed by atoms with E-state index in [9.17, 15) is 4.39 Å². The Bertz CT molecular complexity index is 441. The molecule has 5 heteroatoms. The van der Waals surface area contributed by atoms with Gasteiger partial charge in [-0.25, -0.2) is 4.39 Å². The van der Waals surface area contributed by atoms with Crippen LogP contribution in [0.4, 0.5) is 4.39 Å². The smallest absolute Gasteiger partial charge is 0.123 e. The molecule has 0 aliphatic heterocycles. The summed E-state index contributed by atoms with van der Waals surface area (Å²) in [5, 5.41) is 3.36. The van der Waals surface area contributed by atoms with Crippen molar-refractivity contribution in [2.75, 3.05) is 6.54 Å². The van der Waals surface area contributed by atoms with Crippen LogP contribution in [0.3, 0.4) is 0 Å². The number of nitrogens with zero attached hydrogens (tertiary/aromatic N) is 2. The second-order valence-corrected chi connectivity index (χ2v) is 4.33. The maximum atomic E-state index is 12.8. The number of aromatic nitrogens is 2. The highest BCUT2D eigenvalue weighted by Crippen LogP contribution is 2.17. The maximum absolute atomic E-state index is 12.8. The first kappa shape index (κ1) is 12.1.